The number of hydrogen-bond acceptors (Lipinski definition) is 3. The summed E-state index contributed by atoms with van der Waals surface area (Å²) in [4.78, 5) is 4.42. The summed E-state index contributed by atoms with van der Waals surface area (Å²) < 4.78 is 11.7. The van der Waals surface area contributed by atoms with Crippen molar-refractivity contribution < 1.29 is 9.47 Å². The number of rotatable bonds is 7. The Kier molecular flexibility index (Phi) is 9.25. The highest BCUT2D eigenvalue weighted by Crippen LogP contribution is 2.35. The first kappa shape index (κ1) is 20.9. The molecule has 0 atom stereocenters. The third kappa shape index (κ3) is 6.37. The standard InChI is InChI=1S/C18H29N3O2.HI/c1-13(2)11-20-18(19)21-12-14-7-6-10-16(22-3)17(14)23-15-8-4-5-9-15;/h6-7,10,13,15H,4-5,8-9,11-12H2,1-3H3,(H3,19,20,21);1H. The molecule has 24 heavy (non-hydrogen) atoms. The van der Waals surface area contributed by atoms with Gasteiger partial charge in [-0.05, 0) is 37.7 Å². The number of halogens is 1. The predicted molar refractivity (Wildman–Crippen MR) is 109 cm³/mol. The van der Waals surface area contributed by atoms with E-state index in [-0.39, 0.29) is 30.1 Å². The first-order chi connectivity index (χ1) is 11.1. The first-order valence-corrected chi connectivity index (χ1v) is 8.46. The van der Waals surface area contributed by atoms with Crippen molar-refractivity contribution in [3.63, 3.8) is 0 Å². The minimum Gasteiger partial charge on any atom is -0.493 e. The molecule has 0 unspecified atom stereocenters. The van der Waals surface area contributed by atoms with E-state index in [0.29, 0.717) is 18.4 Å². The number of para-hydroxylation sites is 1. The lowest BCUT2D eigenvalue weighted by Gasteiger charge is -2.18. The van der Waals surface area contributed by atoms with Crippen LogP contribution >= 0.6 is 24.0 Å². The SMILES string of the molecule is COc1cccc(CN=C(N)NCC(C)C)c1OC1CCCC1.I. The lowest BCUT2D eigenvalue weighted by atomic mass is 10.1. The van der Waals surface area contributed by atoms with Crippen molar-refractivity contribution in [1.29, 1.82) is 0 Å². The van der Waals surface area contributed by atoms with Gasteiger partial charge in [0, 0.05) is 12.1 Å². The molecule has 1 aliphatic carbocycles. The van der Waals surface area contributed by atoms with Crippen molar-refractivity contribution >= 4 is 29.9 Å². The molecule has 3 N–H and O–H groups in total. The normalized spacial score (nSPS) is 15.2. The van der Waals surface area contributed by atoms with E-state index in [0.717, 1.165) is 36.4 Å². The van der Waals surface area contributed by atoms with Crippen LogP contribution in [0.4, 0.5) is 0 Å². The molecule has 5 nitrogen and oxygen atoms in total. The lowest BCUT2D eigenvalue weighted by molar-refractivity contribution is 0.198. The van der Waals surface area contributed by atoms with Gasteiger partial charge in [0.25, 0.3) is 0 Å². The molecule has 136 valence electrons. The van der Waals surface area contributed by atoms with Crippen molar-refractivity contribution in [2.24, 2.45) is 16.6 Å². The Morgan fingerprint density at radius 2 is 2.04 bits per heavy atom. The summed E-state index contributed by atoms with van der Waals surface area (Å²) in [7, 11) is 1.67. The van der Waals surface area contributed by atoms with E-state index in [1.165, 1.54) is 12.8 Å². The zero-order valence-electron chi connectivity index (χ0n) is 14.9. The zero-order chi connectivity index (χ0) is 16.7. The number of nitrogens with zero attached hydrogens (tertiary/aromatic N) is 1. The average molecular weight is 447 g/mol. The van der Waals surface area contributed by atoms with Crippen molar-refractivity contribution in [2.75, 3.05) is 13.7 Å². The summed E-state index contributed by atoms with van der Waals surface area (Å²) in [6.45, 7) is 5.57. The van der Waals surface area contributed by atoms with Crippen LogP contribution in [-0.4, -0.2) is 25.7 Å². The van der Waals surface area contributed by atoms with Crippen LogP contribution in [0.5, 0.6) is 11.5 Å². The Morgan fingerprint density at radius 3 is 2.67 bits per heavy atom. The molecule has 0 aromatic heterocycles. The molecule has 0 saturated heterocycles. The summed E-state index contributed by atoms with van der Waals surface area (Å²) in [5.74, 6) is 2.57. The van der Waals surface area contributed by atoms with Gasteiger partial charge >= 0.3 is 0 Å². The predicted octanol–water partition coefficient (Wildman–Crippen LogP) is 3.69. The Bertz CT molecular complexity index is 529. The number of nitrogens with two attached hydrogens (primary N) is 1. The second-order valence-corrected chi connectivity index (χ2v) is 6.45. The van der Waals surface area contributed by atoms with Gasteiger partial charge < -0.3 is 20.5 Å². The Hall–Kier alpha value is -1.18. The minimum atomic E-state index is 0. The summed E-state index contributed by atoms with van der Waals surface area (Å²) in [5.41, 5.74) is 6.93. The molecule has 1 aromatic carbocycles. The Morgan fingerprint density at radius 1 is 1.33 bits per heavy atom. The summed E-state index contributed by atoms with van der Waals surface area (Å²) in [6.07, 6.45) is 4.97. The van der Waals surface area contributed by atoms with Crippen molar-refractivity contribution in [3.8, 4) is 11.5 Å². The van der Waals surface area contributed by atoms with E-state index in [4.69, 9.17) is 15.2 Å². The monoisotopic (exact) mass is 447 g/mol. The van der Waals surface area contributed by atoms with Crippen LogP contribution in [0.2, 0.25) is 0 Å². The van der Waals surface area contributed by atoms with Crippen molar-refractivity contribution in [1.82, 2.24) is 5.32 Å². The Labute approximate surface area is 162 Å². The number of nitrogens with one attached hydrogen (secondary N) is 1. The van der Waals surface area contributed by atoms with E-state index in [9.17, 15) is 0 Å². The number of methoxy groups -OCH3 is 1. The molecule has 0 spiro atoms. The van der Waals surface area contributed by atoms with Crippen LogP contribution in [0.15, 0.2) is 23.2 Å². The molecule has 0 radical (unpaired) electrons. The smallest absolute Gasteiger partial charge is 0.188 e. The van der Waals surface area contributed by atoms with E-state index in [1.54, 1.807) is 7.11 Å². The highest BCUT2D eigenvalue weighted by molar-refractivity contribution is 14.0. The van der Waals surface area contributed by atoms with E-state index < -0.39 is 0 Å². The van der Waals surface area contributed by atoms with Crippen LogP contribution < -0.4 is 20.5 Å². The van der Waals surface area contributed by atoms with Gasteiger partial charge in [-0.25, -0.2) is 4.99 Å². The van der Waals surface area contributed by atoms with Crippen LogP contribution in [-0.2, 0) is 6.54 Å². The fourth-order valence-electron chi connectivity index (χ4n) is 2.69. The fourth-order valence-corrected chi connectivity index (χ4v) is 2.69. The number of benzene rings is 1. The lowest BCUT2D eigenvalue weighted by Crippen LogP contribution is -2.34. The third-order valence-corrected chi connectivity index (χ3v) is 3.98. The minimum absolute atomic E-state index is 0. The summed E-state index contributed by atoms with van der Waals surface area (Å²) in [6, 6.07) is 5.91. The van der Waals surface area contributed by atoms with Gasteiger partial charge in [0.2, 0.25) is 0 Å². The molecule has 2 rings (SSSR count). The van der Waals surface area contributed by atoms with Crippen LogP contribution in [0, 0.1) is 5.92 Å². The Balaban J connectivity index is 0.00000288. The van der Waals surface area contributed by atoms with Gasteiger partial charge in [0.1, 0.15) is 0 Å². The summed E-state index contributed by atoms with van der Waals surface area (Å²) in [5, 5.41) is 3.13. The molecule has 1 saturated carbocycles. The average Bonchev–Trinajstić information content (AvgIpc) is 3.04. The van der Waals surface area contributed by atoms with Crippen LogP contribution in [0.1, 0.15) is 45.1 Å². The number of guanidine groups is 1. The maximum absolute atomic E-state index is 6.20. The maximum atomic E-state index is 6.20. The topological polar surface area (TPSA) is 68.9 Å². The second kappa shape index (κ2) is 10.6. The molecule has 1 aliphatic rings. The molecular formula is C18H30IN3O2. The second-order valence-electron chi connectivity index (χ2n) is 6.45. The van der Waals surface area contributed by atoms with Gasteiger partial charge in [0.15, 0.2) is 17.5 Å². The number of hydrogen-bond donors (Lipinski definition) is 2. The van der Waals surface area contributed by atoms with Gasteiger partial charge in [-0.3, -0.25) is 0 Å². The highest BCUT2D eigenvalue weighted by Gasteiger charge is 2.20. The quantitative estimate of drug-likeness (QED) is 0.380. The van der Waals surface area contributed by atoms with E-state index in [2.05, 4.69) is 24.2 Å². The molecule has 0 heterocycles. The fraction of sp³-hybridized carbons (Fsp3) is 0.611. The zero-order valence-corrected chi connectivity index (χ0v) is 17.2. The molecule has 6 heteroatoms. The highest BCUT2D eigenvalue weighted by atomic mass is 127. The van der Waals surface area contributed by atoms with Gasteiger partial charge in [-0.2, -0.15) is 0 Å². The molecule has 1 fully saturated rings. The van der Waals surface area contributed by atoms with Gasteiger partial charge in [0.05, 0.1) is 19.8 Å². The molecule has 0 aliphatic heterocycles. The molecule has 0 bridgehead atoms. The maximum Gasteiger partial charge on any atom is 0.188 e. The van der Waals surface area contributed by atoms with Crippen molar-refractivity contribution in [3.05, 3.63) is 23.8 Å². The molecule has 1 aromatic rings. The number of ether oxygens (including phenoxy) is 2. The van der Waals surface area contributed by atoms with Crippen LogP contribution in [0.3, 0.4) is 0 Å². The van der Waals surface area contributed by atoms with Crippen molar-refractivity contribution in [2.45, 2.75) is 52.2 Å². The largest absolute Gasteiger partial charge is 0.493 e. The molecular weight excluding hydrogens is 417 g/mol. The van der Waals surface area contributed by atoms with E-state index >= 15 is 0 Å². The third-order valence-electron chi connectivity index (χ3n) is 3.98. The van der Waals surface area contributed by atoms with E-state index in [1.807, 2.05) is 18.2 Å². The first-order valence-electron chi connectivity index (χ1n) is 8.46. The number of aliphatic imine (C=N–C) groups is 1. The van der Waals surface area contributed by atoms with Crippen LogP contribution in [0.25, 0.3) is 0 Å². The molecule has 0 amide bonds. The van der Waals surface area contributed by atoms with Gasteiger partial charge in [-0.15, -0.1) is 24.0 Å². The summed E-state index contributed by atoms with van der Waals surface area (Å²) >= 11 is 0. The van der Waals surface area contributed by atoms with Gasteiger partial charge in [-0.1, -0.05) is 26.0 Å².